The zero-order chi connectivity index (χ0) is 18.7. The summed E-state index contributed by atoms with van der Waals surface area (Å²) in [4.78, 5) is 23.6. The van der Waals surface area contributed by atoms with Crippen molar-refractivity contribution in [1.82, 2.24) is 9.62 Å². The minimum atomic E-state index is -3.59. The number of sulfonamides is 1. The number of hydrogen-bond acceptors (Lipinski definition) is 4. The van der Waals surface area contributed by atoms with Gasteiger partial charge < -0.3 is 10.4 Å². The molecule has 0 unspecified atom stereocenters. The molecular weight excluding hydrogens is 356 g/mol. The Morgan fingerprint density at radius 3 is 2.50 bits per heavy atom. The molecule has 0 spiro atoms. The maximum absolute atomic E-state index is 12.8. The molecule has 142 valence electrons. The third-order valence-corrected chi connectivity index (χ3v) is 7.06. The van der Waals surface area contributed by atoms with Crippen LogP contribution < -0.4 is 5.32 Å². The summed E-state index contributed by atoms with van der Waals surface area (Å²) in [5.74, 6) is -1.63. The van der Waals surface area contributed by atoms with Crippen LogP contribution >= 0.6 is 0 Å². The molecule has 1 saturated carbocycles. The van der Waals surface area contributed by atoms with Gasteiger partial charge in [-0.15, -0.1) is 0 Å². The topological polar surface area (TPSA) is 104 Å². The summed E-state index contributed by atoms with van der Waals surface area (Å²) >= 11 is 0. The van der Waals surface area contributed by atoms with E-state index in [1.54, 1.807) is 12.1 Å². The fraction of sp³-hybridized carbons (Fsp3) is 0.556. The number of hydrogen-bond donors (Lipinski definition) is 2. The van der Waals surface area contributed by atoms with Crippen molar-refractivity contribution < 1.29 is 23.1 Å². The number of carbonyl (C=O) groups is 2. The molecule has 2 N–H and O–H groups in total. The van der Waals surface area contributed by atoms with Crippen molar-refractivity contribution in [1.29, 1.82) is 0 Å². The lowest BCUT2D eigenvalue weighted by Crippen LogP contribution is -2.36. The van der Waals surface area contributed by atoms with E-state index < -0.39 is 21.9 Å². The highest BCUT2D eigenvalue weighted by Gasteiger charge is 2.31. The van der Waals surface area contributed by atoms with Gasteiger partial charge in [0.15, 0.2) is 0 Å². The van der Waals surface area contributed by atoms with Crippen molar-refractivity contribution in [2.45, 2.75) is 49.5 Å². The average molecular weight is 380 g/mol. The molecule has 1 heterocycles. The van der Waals surface area contributed by atoms with E-state index >= 15 is 0 Å². The van der Waals surface area contributed by atoms with Crippen LogP contribution in [0.5, 0.6) is 0 Å². The number of piperidine rings is 1. The molecule has 2 fully saturated rings. The largest absolute Gasteiger partial charge is 0.481 e. The normalized spacial score (nSPS) is 24.3. The SMILES string of the molecule is O=C(N[C@@H]1CC[C@H](C(=O)O)C1)c1cccc(S(=O)(=O)N2CCCCC2)c1. The minimum Gasteiger partial charge on any atom is -0.481 e. The predicted octanol–water partition coefficient (Wildman–Crippen LogP) is 1.84. The number of nitrogens with zero attached hydrogens (tertiary/aromatic N) is 1. The fourth-order valence-electron chi connectivity index (χ4n) is 3.66. The van der Waals surface area contributed by atoms with Crippen molar-refractivity contribution in [3.63, 3.8) is 0 Å². The highest BCUT2D eigenvalue weighted by atomic mass is 32.2. The van der Waals surface area contributed by atoms with Crippen LogP contribution in [-0.2, 0) is 14.8 Å². The summed E-state index contributed by atoms with van der Waals surface area (Å²) in [6.45, 7) is 1.02. The van der Waals surface area contributed by atoms with Crippen LogP contribution in [0.1, 0.15) is 48.9 Å². The first-order valence-corrected chi connectivity index (χ1v) is 10.5. The lowest BCUT2D eigenvalue weighted by Gasteiger charge is -2.26. The molecule has 3 rings (SSSR count). The van der Waals surface area contributed by atoms with Gasteiger partial charge in [-0.3, -0.25) is 9.59 Å². The molecule has 8 heteroatoms. The Bertz CT molecular complexity index is 787. The molecule has 1 saturated heterocycles. The fourth-order valence-corrected chi connectivity index (χ4v) is 5.22. The van der Waals surface area contributed by atoms with Gasteiger partial charge in [0, 0.05) is 24.7 Å². The second-order valence-corrected chi connectivity index (χ2v) is 8.95. The van der Waals surface area contributed by atoms with Crippen LogP contribution in [0.3, 0.4) is 0 Å². The molecule has 1 aromatic carbocycles. The van der Waals surface area contributed by atoms with Crippen molar-refractivity contribution in [3.05, 3.63) is 29.8 Å². The van der Waals surface area contributed by atoms with E-state index in [9.17, 15) is 18.0 Å². The molecule has 0 aromatic heterocycles. The van der Waals surface area contributed by atoms with Crippen molar-refractivity contribution in [2.24, 2.45) is 5.92 Å². The molecule has 7 nitrogen and oxygen atoms in total. The Kier molecular flexibility index (Phi) is 5.62. The van der Waals surface area contributed by atoms with Gasteiger partial charge >= 0.3 is 5.97 Å². The Hall–Kier alpha value is -1.93. The Morgan fingerprint density at radius 2 is 1.85 bits per heavy atom. The lowest BCUT2D eigenvalue weighted by atomic mass is 10.1. The van der Waals surface area contributed by atoms with E-state index in [0.29, 0.717) is 32.4 Å². The molecule has 1 amide bonds. The molecular formula is C18H24N2O5S. The minimum absolute atomic E-state index is 0.127. The number of rotatable bonds is 5. The summed E-state index contributed by atoms with van der Waals surface area (Å²) in [5.41, 5.74) is 0.279. The monoisotopic (exact) mass is 380 g/mol. The number of amides is 1. The van der Waals surface area contributed by atoms with E-state index in [0.717, 1.165) is 19.3 Å². The molecule has 0 radical (unpaired) electrons. The summed E-state index contributed by atoms with van der Waals surface area (Å²) in [6, 6.07) is 5.87. The second-order valence-electron chi connectivity index (χ2n) is 7.01. The Labute approximate surface area is 153 Å². The van der Waals surface area contributed by atoms with E-state index in [1.165, 1.54) is 16.4 Å². The molecule has 0 bridgehead atoms. The van der Waals surface area contributed by atoms with Crippen LogP contribution in [0.15, 0.2) is 29.2 Å². The number of aliphatic carboxylic acids is 1. The molecule has 1 aromatic rings. The molecule has 26 heavy (non-hydrogen) atoms. The maximum Gasteiger partial charge on any atom is 0.306 e. The summed E-state index contributed by atoms with van der Waals surface area (Å²) in [5, 5.41) is 11.9. The van der Waals surface area contributed by atoms with Gasteiger partial charge in [-0.1, -0.05) is 12.5 Å². The van der Waals surface area contributed by atoms with E-state index in [1.807, 2.05) is 0 Å². The quantitative estimate of drug-likeness (QED) is 0.811. The molecule has 2 aliphatic rings. The standard InChI is InChI=1S/C18H24N2O5S/c21-17(19-15-8-7-14(11-15)18(22)23)13-5-4-6-16(12-13)26(24,25)20-9-2-1-3-10-20/h4-6,12,14-15H,1-3,7-11H2,(H,19,21)(H,22,23)/t14-,15+/m0/s1. The van der Waals surface area contributed by atoms with Gasteiger partial charge in [0.2, 0.25) is 10.0 Å². The van der Waals surface area contributed by atoms with Gasteiger partial charge in [-0.05, 0) is 50.3 Å². The second kappa shape index (κ2) is 7.75. The van der Waals surface area contributed by atoms with Gasteiger partial charge in [-0.2, -0.15) is 4.31 Å². The molecule has 1 aliphatic carbocycles. The van der Waals surface area contributed by atoms with E-state index in [4.69, 9.17) is 5.11 Å². The third-order valence-electron chi connectivity index (χ3n) is 5.17. The zero-order valence-corrected chi connectivity index (χ0v) is 15.4. The van der Waals surface area contributed by atoms with E-state index in [-0.39, 0.29) is 22.4 Å². The molecule has 2 atom stereocenters. The lowest BCUT2D eigenvalue weighted by molar-refractivity contribution is -0.141. The average Bonchev–Trinajstić information content (AvgIpc) is 3.11. The highest BCUT2D eigenvalue weighted by Crippen LogP contribution is 2.26. The number of benzene rings is 1. The number of nitrogens with one attached hydrogen (secondary N) is 1. The Balaban J connectivity index is 1.70. The number of carbonyl (C=O) groups excluding carboxylic acids is 1. The van der Waals surface area contributed by atoms with Crippen molar-refractivity contribution in [3.8, 4) is 0 Å². The van der Waals surface area contributed by atoms with Gasteiger partial charge in [0.25, 0.3) is 5.91 Å². The first kappa shape index (κ1) is 18.8. The van der Waals surface area contributed by atoms with Gasteiger partial charge in [0.05, 0.1) is 10.8 Å². The number of carboxylic acid groups (broad SMARTS) is 1. The summed E-state index contributed by atoms with van der Waals surface area (Å²) in [6.07, 6.45) is 4.32. The van der Waals surface area contributed by atoms with Gasteiger partial charge in [0.1, 0.15) is 0 Å². The summed E-state index contributed by atoms with van der Waals surface area (Å²) < 4.78 is 27.0. The van der Waals surface area contributed by atoms with Crippen LogP contribution in [0.4, 0.5) is 0 Å². The molecule has 1 aliphatic heterocycles. The van der Waals surface area contributed by atoms with Crippen LogP contribution in [-0.4, -0.2) is 48.8 Å². The first-order chi connectivity index (χ1) is 12.4. The van der Waals surface area contributed by atoms with Crippen molar-refractivity contribution >= 4 is 21.9 Å². The summed E-state index contributed by atoms with van der Waals surface area (Å²) in [7, 11) is -3.59. The number of carboxylic acids is 1. The van der Waals surface area contributed by atoms with Crippen LogP contribution in [0, 0.1) is 5.92 Å². The van der Waals surface area contributed by atoms with Crippen molar-refractivity contribution in [2.75, 3.05) is 13.1 Å². The van der Waals surface area contributed by atoms with Crippen LogP contribution in [0.2, 0.25) is 0 Å². The Morgan fingerprint density at radius 1 is 1.12 bits per heavy atom. The van der Waals surface area contributed by atoms with E-state index in [2.05, 4.69) is 5.32 Å². The highest BCUT2D eigenvalue weighted by molar-refractivity contribution is 7.89. The zero-order valence-electron chi connectivity index (χ0n) is 14.6. The smallest absolute Gasteiger partial charge is 0.306 e. The maximum atomic E-state index is 12.8. The predicted molar refractivity (Wildman–Crippen MR) is 95.3 cm³/mol. The third kappa shape index (κ3) is 4.07. The first-order valence-electron chi connectivity index (χ1n) is 9.02. The van der Waals surface area contributed by atoms with Gasteiger partial charge in [-0.25, -0.2) is 8.42 Å². The van der Waals surface area contributed by atoms with Crippen LogP contribution in [0.25, 0.3) is 0 Å².